The molecule has 0 aromatic heterocycles. The molecule has 2 aromatic rings. The Kier molecular flexibility index (Phi) is 4.40. The predicted molar refractivity (Wildman–Crippen MR) is 92.2 cm³/mol. The summed E-state index contributed by atoms with van der Waals surface area (Å²) in [5, 5.41) is 9.44. The molecule has 1 aliphatic heterocycles. The molecule has 2 aromatic carbocycles. The molecule has 0 saturated heterocycles. The number of ether oxygens (including phenoxy) is 1. The third kappa shape index (κ3) is 3.18. The van der Waals surface area contributed by atoms with E-state index in [9.17, 15) is 18.3 Å². The van der Waals surface area contributed by atoms with Gasteiger partial charge in [-0.3, -0.25) is 9.10 Å². The highest BCUT2D eigenvalue weighted by molar-refractivity contribution is 7.92. The van der Waals surface area contributed by atoms with Crippen molar-refractivity contribution in [1.29, 1.82) is 0 Å². The molecule has 0 radical (unpaired) electrons. The van der Waals surface area contributed by atoms with Gasteiger partial charge in [-0.2, -0.15) is 0 Å². The molecule has 0 fully saturated rings. The number of hydrogen-bond donors (Lipinski definition) is 2. The largest absolute Gasteiger partial charge is 0.484 e. The predicted octanol–water partition coefficient (Wildman–Crippen LogP) is 1.04. The molecule has 1 heterocycles. The Bertz CT molecular complexity index is 926. The lowest BCUT2D eigenvalue weighted by molar-refractivity contribution is 0.0999. The van der Waals surface area contributed by atoms with Crippen molar-refractivity contribution >= 4 is 21.6 Å². The molecule has 0 aliphatic carbocycles. The lowest BCUT2D eigenvalue weighted by atomic mass is 10.1. The van der Waals surface area contributed by atoms with Crippen molar-refractivity contribution in [1.82, 2.24) is 0 Å². The quantitative estimate of drug-likeness (QED) is 0.844. The number of aliphatic hydroxyl groups is 1. The Labute approximate surface area is 145 Å². The lowest BCUT2D eigenvalue weighted by Gasteiger charge is -2.35. The number of benzene rings is 2. The van der Waals surface area contributed by atoms with Crippen molar-refractivity contribution < 1.29 is 23.1 Å². The van der Waals surface area contributed by atoms with E-state index in [1.165, 1.54) is 24.3 Å². The monoisotopic (exact) mass is 362 g/mol. The van der Waals surface area contributed by atoms with Gasteiger partial charge in [-0.1, -0.05) is 12.1 Å². The number of carbonyl (C=O) groups is 1. The van der Waals surface area contributed by atoms with Gasteiger partial charge in [0.25, 0.3) is 10.0 Å². The van der Waals surface area contributed by atoms with Gasteiger partial charge in [-0.05, 0) is 42.8 Å². The van der Waals surface area contributed by atoms with Crippen LogP contribution in [0.15, 0.2) is 47.4 Å². The number of aryl methyl sites for hydroxylation is 1. The average molecular weight is 362 g/mol. The average Bonchev–Trinajstić information content (AvgIpc) is 2.60. The highest BCUT2D eigenvalue weighted by Crippen LogP contribution is 2.37. The zero-order valence-electron chi connectivity index (χ0n) is 13.5. The van der Waals surface area contributed by atoms with Crippen LogP contribution >= 0.6 is 0 Å². The van der Waals surface area contributed by atoms with Crippen LogP contribution < -0.4 is 14.8 Å². The molecule has 25 heavy (non-hydrogen) atoms. The summed E-state index contributed by atoms with van der Waals surface area (Å²) in [6.45, 7) is 1.40. The van der Waals surface area contributed by atoms with E-state index in [0.29, 0.717) is 0 Å². The van der Waals surface area contributed by atoms with Crippen LogP contribution in [0, 0.1) is 6.92 Å². The Morgan fingerprint density at radius 3 is 2.72 bits per heavy atom. The van der Waals surface area contributed by atoms with Gasteiger partial charge in [0.2, 0.25) is 5.91 Å². The van der Waals surface area contributed by atoms with Gasteiger partial charge in [0, 0.05) is 5.56 Å². The first-order valence-corrected chi connectivity index (χ1v) is 9.07. The molecule has 0 saturated carbocycles. The van der Waals surface area contributed by atoms with E-state index in [1.54, 1.807) is 25.1 Å². The minimum absolute atomic E-state index is 0.0675. The second-order valence-electron chi connectivity index (χ2n) is 5.82. The Hall–Kier alpha value is -2.58. The maximum Gasteiger partial charge on any atom is 0.264 e. The fourth-order valence-corrected chi connectivity index (χ4v) is 4.29. The molecule has 1 amide bonds. The second kappa shape index (κ2) is 6.38. The van der Waals surface area contributed by atoms with Crippen molar-refractivity contribution in [2.75, 3.05) is 17.5 Å². The van der Waals surface area contributed by atoms with Gasteiger partial charge in [0.1, 0.15) is 11.9 Å². The molecule has 1 aliphatic rings. The molecule has 3 rings (SSSR count). The van der Waals surface area contributed by atoms with Crippen LogP contribution in [-0.4, -0.2) is 38.7 Å². The van der Waals surface area contributed by atoms with Crippen molar-refractivity contribution in [3.05, 3.63) is 53.6 Å². The molecule has 7 nitrogen and oxygen atoms in total. The second-order valence-corrected chi connectivity index (χ2v) is 7.68. The molecule has 132 valence electrons. The molecule has 1 atom stereocenters. The van der Waals surface area contributed by atoms with E-state index in [1.807, 2.05) is 0 Å². The van der Waals surface area contributed by atoms with Gasteiger partial charge in [0.05, 0.1) is 23.7 Å². The van der Waals surface area contributed by atoms with E-state index < -0.39 is 22.0 Å². The van der Waals surface area contributed by atoms with Gasteiger partial charge in [-0.15, -0.1) is 0 Å². The number of nitrogens with two attached hydrogens (primary N) is 1. The van der Waals surface area contributed by atoms with Crippen LogP contribution in [0.3, 0.4) is 0 Å². The number of carbonyl (C=O) groups excluding carboxylic acids is 1. The third-order valence-corrected chi connectivity index (χ3v) is 5.73. The molecule has 0 bridgehead atoms. The Balaban J connectivity index is 2.15. The highest BCUT2D eigenvalue weighted by atomic mass is 32.2. The highest BCUT2D eigenvalue weighted by Gasteiger charge is 2.34. The van der Waals surface area contributed by atoms with Gasteiger partial charge >= 0.3 is 0 Å². The fraction of sp³-hybridized carbons (Fsp3) is 0.235. The summed E-state index contributed by atoms with van der Waals surface area (Å²) in [6.07, 6.45) is -0.702. The first-order valence-electron chi connectivity index (χ1n) is 7.63. The zero-order chi connectivity index (χ0) is 18.2. The standard InChI is InChI=1S/C17H18N2O5S/c1-11-3-2-4-14(7-11)25(22,23)19-9-13(10-20)24-16-6-5-12(17(18)21)8-15(16)19/h2-8,13,20H,9-10H2,1H3,(H2,18,21). The van der Waals surface area contributed by atoms with E-state index in [-0.39, 0.29) is 35.0 Å². The van der Waals surface area contributed by atoms with Crippen LogP contribution in [0.2, 0.25) is 0 Å². The molecule has 0 spiro atoms. The maximum absolute atomic E-state index is 13.1. The van der Waals surface area contributed by atoms with E-state index >= 15 is 0 Å². The number of amides is 1. The van der Waals surface area contributed by atoms with Gasteiger partial charge in [-0.25, -0.2) is 8.42 Å². The summed E-state index contributed by atoms with van der Waals surface area (Å²) in [4.78, 5) is 11.6. The molecule has 3 N–H and O–H groups in total. The normalized spacial score (nSPS) is 16.9. The molecule has 1 unspecified atom stereocenters. The number of primary amides is 1. The maximum atomic E-state index is 13.1. The summed E-state index contributed by atoms with van der Waals surface area (Å²) >= 11 is 0. The summed E-state index contributed by atoms with van der Waals surface area (Å²) < 4.78 is 33.0. The summed E-state index contributed by atoms with van der Waals surface area (Å²) in [5.41, 5.74) is 6.50. The van der Waals surface area contributed by atoms with Crippen LogP contribution in [-0.2, 0) is 10.0 Å². The third-order valence-electron chi connectivity index (χ3n) is 3.96. The topological polar surface area (TPSA) is 110 Å². The number of rotatable bonds is 4. The number of sulfonamides is 1. The number of nitrogens with zero attached hydrogens (tertiary/aromatic N) is 1. The lowest BCUT2D eigenvalue weighted by Crippen LogP contribution is -2.45. The van der Waals surface area contributed by atoms with Crippen LogP contribution in [0.4, 0.5) is 5.69 Å². The number of aliphatic hydroxyl groups excluding tert-OH is 1. The minimum atomic E-state index is -3.89. The first kappa shape index (κ1) is 17.2. The fourth-order valence-electron chi connectivity index (χ4n) is 2.69. The number of anilines is 1. The van der Waals surface area contributed by atoms with Crippen LogP contribution in [0.5, 0.6) is 5.75 Å². The van der Waals surface area contributed by atoms with Crippen molar-refractivity contribution in [2.24, 2.45) is 5.73 Å². The van der Waals surface area contributed by atoms with Crippen LogP contribution in [0.25, 0.3) is 0 Å². The summed E-state index contributed by atoms with van der Waals surface area (Å²) in [6, 6.07) is 10.9. The van der Waals surface area contributed by atoms with E-state index in [0.717, 1.165) is 9.87 Å². The van der Waals surface area contributed by atoms with Gasteiger partial charge < -0.3 is 15.6 Å². The zero-order valence-corrected chi connectivity index (χ0v) is 14.4. The van der Waals surface area contributed by atoms with E-state index in [4.69, 9.17) is 10.5 Å². The Morgan fingerprint density at radius 1 is 1.32 bits per heavy atom. The first-order chi connectivity index (χ1) is 11.8. The number of hydrogen-bond acceptors (Lipinski definition) is 5. The van der Waals surface area contributed by atoms with Crippen molar-refractivity contribution in [2.45, 2.75) is 17.9 Å². The molecular weight excluding hydrogens is 344 g/mol. The molecule has 8 heteroatoms. The van der Waals surface area contributed by atoms with E-state index in [2.05, 4.69) is 0 Å². The summed E-state index contributed by atoms with van der Waals surface area (Å²) in [5.74, 6) is -0.397. The Morgan fingerprint density at radius 2 is 2.08 bits per heavy atom. The van der Waals surface area contributed by atoms with Crippen molar-refractivity contribution in [3.63, 3.8) is 0 Å². The smallest absolute Gasteiger partial charge is 0.264 e. The summed E-state index contributed by atoms with van der Waals surface area (Å²) in [7, 11) is -3.89. The van der Waals surface area contributed by atoms with Crippen molar-refractivity contribution in [3.8, 4) is 5.75 Å². The minimum Gasteiger partial charge on any atom is -0.484 e. The number of fused-ring (bicyclic) bond motifs is 1. The molecular formula is C17H18N2O5S. The SMILES string of the molecule is Cc1cccc(S(=O)(=O)N2CC(CO)Oc3ccc(C(N)=O)cc32)c1. The van der Waals surface area contributed by atoms with Gasteiger partial charge in [0.15, 0.2) is 0 Å². The van der Waals surface area contributed by atoms with Crippen LogP contribution in [0.1, 0.15) is 15.9 Å².